The van der Waals surface area contributed by atoms with Crippen LogP contribution in [0.25, 0.3) is 0 Å². The highest BCUT2D eigenvalue weighted by Crippen LogP contribution is 2.40. The maximum absolute atomic E-state index is 11.9. The molecule has 2 N–H and O–H groups in total. The van der Waals surface area contributed by atoms with Crippen LogP contribution in [-0.4, -0.2) is 22.7 Å². The molecular formula is C14H15BrN4O2. The molecule has 1 unspecified atom stereocenters. The van der Waals surface area contributed by atoms with Gasteiger partial charge >= 0.3 is 0 Å². The van der Waals surface area contributed by atoms with Gasteiger partial charge in [0.1, 0.15) is 11.8 Å². The molecule has 0 radical (unpaired) electrons. The number of amides is 1. The Balaban J connectivity index is 1.97. The number of anilines is 1. The van der Waals surface area contributed by atoms with E-state index in [-0.39, 0.29) is 11.9 Å². The SMILES string of the molecule is CNC1C(=O)Nc2cc(Oc3cc(C)nn3C)c(Br)cc21. The van der Waals surface area contributed by atoms with E-state index < -0.39 is 0 Å². The molecule has 1 aromatic heterocycles. The molecule has 6 nitrogen and oxygen atoms in total. The summed E-state index contributed by atoms with van der Waals surface area (Å²) in [5, 5.41) is 10.1. The van der Waals surface area contributed by atoms with Crippen LogP contribution in [0.5, 0.6) is 11.6 Å². The van der Waals surface area contributed by atoms with Crippen LogP contribution >= 0.6 is 15.9 Å². The number of likely N-dealkylation sites (N-methyl/N-ethyl adjacent to an activating group) is 1. The smallest absolute Gasteiger partial charge is 0.246 e. The number of fused-ring (bicyclic) bond motifs is 1. The molecule has 0 saturated heterocycles. The van der Waals surface area contributed by atoms with Crippen LogP contribution in [0.15, 0.2) is 22.7 Å². The van der Waals surface area contributed by atoms with Crippen LogP contribution in [0, 0.1) is 6.92 Å². The van der Waals surface area contributed by atoms with E-state index in [2.05, 4.69) is 31.7 Å². The Hall–Kier alpha value is -1.86. The van der Waals surface area contributed by atoms with E-state index in [1.54, 1.807) is 11.7 Å². The van der Waals surface area contributed by atoms with Gasteiger partial charge in [-0.15, -0.1) is 0 Å². The second kappa shape index (κ2) is 5.16. The number of hydrogen-bond donors (Lipinski definition) is 2. The molecule has 1 amide bonds. The van der Waals surface area contributed by atoms with E-state index in [4.69, 9.17) is 4.74 Å². The first-order valence-electron chi connectivity index (χ1n) is 6.49. The lowest BCUT2D eigenvalue weighted by atomic mass is 10.1. The Bertz CT molecular complexity index is 726. The number of carbonyl (C=O) groups is 1. The molecule has 1 atom stereocenters. The number of nitrogens with zero attached hydrogens (tertiary/aromatic N) is 2. The molecule has 2 aromatic rings. The van der Waals surface area contributed by atoms with Crippen LogP contribution < -0.4 is 15.4 Å². The second-order valence-corrected chi connectivity index (χ2v) is 5.78. The van der Waals surface area contributed by atoms with Gasteiger partial charge in [0.25, 0.3) is 0 Å². The van der Waals surface area contributed by atoms with E-state index in [1.165, 1.54) is 0 Å². The van der Waals surface area contributed by atoms with E-state index in [0.717, 1.165) is 21.4 Å². The predicted octanol–water partition coefficient (Wildman–Crippen LogP) is 2.50. The highest BCUT2D eigenvalue weighted by molar-refractivity contribution is 9.10. The molecule has 0 bridgehead atoms. The Morgan fingerprint density at radius 1 is 1.43 bits per heavy atom. The zero-order valence-electron chi connectivity index (χ0n) is 11.9. The number of aromatic nitrogens is 2. The molecule has 1 aliphatic rings. The van der Waals surface area contributed by atoms with Crippen molar-refractivity contribution in [2.75, 3.05) is 12.4 Å². The average Bonchev–Trinajstić information content (AvgIpc) is 2.89. The molecule has 1 aromatic carbocycles. The minimum absolute atomic E-state index is 0.0621. The van der Waals surface area contributed by atoms with Crippen LogP contribution in [0.2, 0.25) is 0 Å². The molecule has 0 fully saturated rings. The van der Waals surface area contributed by atoms with Crippen molar-refractivity contribution in [3.8, 4) is 11.6 Å². The van der Waals surface area contributed by atoms with Gasteiger partial charge in [0.15, 0.2) is 0 Å². The predicted molar refractivity (Wildman–Crippen MR) is 82.6 cm³/mol. The van der Waals surface area contributed by atoms with Crippen LogP contribution in [-0.2, 0) is 11.8 Å². The molecule has 0 aliphatic carbocycles. The maximum Gasteiger partial charge on any atom is 0.246 e. The first kappa shape index (κ1) is 14.1. The Morgan fingerprint density at radius 3 is 2.81 bits per heavy atom. The molecule has 110 valence electrons. The minimum Gasteiger partial charge on any atom is -0.438 e. The number of carbonyl (C=O) groups excluding carboxylic acids is 1. The van der Waals surface area contributed by atoms with Crippen molar-refractivity contribution >= 4 is 27.5 Å². The number of hydrogen-bond acceptors (Lipinski definition) is 4. The third-order valence-corrected chi connectivity index (χ3v) is 4.02. The van der Waals surface area contributed by atoms with Crippen molar-refractivity contribution in [3.63, 3.8) is 0 Å². The zero-order valence-corrected chi connectivity index (χ0v) is 13.5. The number of rotatable bonds is 3. The van der Waals surface area contributed by atoms with Crippen molar-refractivity contribution < 1.29 is 9.53 Å². The lowest BCUT2D eigenvalue weighted by Gasteiger charge is -2.11. The highest BCUT2D eigenvalue weighted by atomic mass is 79.9. The molecule has 3 rings (SSSR count). The monoisotopic (exact) mass is 350 g/mol. The summed E-state index contributed by atoms with van der Waals surface area (Å²) in [4.78, 5) is 11.9. The normalized spacial score (nSPS) is 16.8. The summed E-state index contributed by atoms with van der Waals surface area (Å²) < 4.78 is 8.33. The second-order valence-electron chi connectivity index (χ2n) is 4.93. The molecule has 1 aliphatic heterocycles. The fourth-order valence-electron chi connectivity index (χ4n) is 2.42. The first-order valence-corrected chi connectivity index (χ1v) is 7.29. The Morgan fingerprint density at radius 2 is 2.19 bits per heavy atom. The van der Waals surface area contributed by atoms with Crippen molar-refractivity contribution in [1.82, 2.24) is 15.1 Å². The number of aryl methyl sites for hydroxylation is 2. The van der Waals surface area contributed by atoms with Gasteiger partial charge in [-0.1, -0.05) is 0 Å². The Labute approximate surface area is 130 Å². The quantitative estimate of drug-likeness (QED) is 0.892. The summed E-state index contributed by atoms with van der Waals surface area (Å²) >= 11 is 3.49. The molecule has 2 heterocycles. The lowest BCUT2D eigenvalue weighted by molar-refractivity contribution is -0.117. The van der Waals surface area contributed by atoms with Gasteiger partial charge in [0, 0.05) is 30.4 Å². The van der Waals surface area contributed by atoms with Gasteiger partial charge in [-0.05, 0) is 36.0 Å². The molecular weight excluding hydrogens is 336 g/mol. The van der Waals surface area contributed by atoms with Crippen molar-refractivity contribution in [1.29, 1.82) is 0 Å². The number of nitrogens with one attached hydrogen (secondary N) is 2. The zero-order chi connectivity index (χ0) is 15.1. The fraction of sp³-hybridized carbons (Fsp3) is 0.286. The molecule has 0 spiro atoms. The lowest BCUT2D eigenvalue weighted by Crippen LogP contribution is -2.23. The number of benzene rings is 1. The third-order valence-electron chi connectivity index (χ3n) is 3.40. The summed E-state index contributed by atoms with van der Waals surface area (Å²) in [6.45, 7) is 1.91. The number of ether oxygens (including phenoxy) is 1. The van der Waals surface area contributed by atoms with Crippen molar-refractivity contribution in [2.24, 2.45) is 7.05 Å². The first-order chi connectivity index (χ1) is 9.99. The van der Waals surface area contributed by atoms with E-state index in [1.807, 2.05) is 32.2 Å². The van der Waals surface area contributed by atoms with E-state index in [0.29, 0.717) is 11.6 Å². The van der Waals surface area contributed by atoms with Crippen LogP contribution in [0.3, 0.4) is 0 Å². The summed E-state index contributed by atoms with van der Waals surface area (Å²) in [6.07, 6.45) is 0. The minimum atomic E-state index is -0.329. The van der Waals surface area contributed by atoms with E-state index >= 15 is 0 Å². The summed E-state index contributed by atoms with van der Waals surface area (Å²) in [7, 11) is 3.58. The topological polar surface area (TPSA) is 68.2 Å². The van der Waals surface area contributed by atoms with Gasteiger partial charge in [-0.3, -0.25) is 4.79 Å². The highest BCUT2D eigenvalue weighted by Gasteiger charge is 2.30. The van der Waals surface area contributed by atoms with Gasteiger partial charge in [0.2, 0.25) is 11.8 Å². The standard InChI is InChI=1S/C14H15BrN4O2/c1-7-4-12(19(3)18-7)21-11-6-10-8(5-9(11)15)13(16-2)14(20)17-10/h4-6,13,16H,1-3H3,(H,17,20). The summed E-state index contributed by atoms with van der Waals surface area (Å²) in [5.74, 6) is 1.21. The Kier molecular flexibility index (Phi) is 3.46. The maximum atomic E-state index is 11.9. The molecule has 0 saturated carbocycles. The van der Waals surface area contributed by atoms with Crippen LogP contribution in [0.4, 0.5) is 5.69 Å². The van der Waals surface area contributed by atoms with Crippen molar-refractivity contribution in [2.45, 2.75) is 13.0 Å². The molecule has 7 heteroatoms. The summed E-state index contributed by atoms with van der Waals surface area (Å²) in [5.41, 5.74) is 2.55. The van der Waals surface area contributed by atoms with Crippen molar-refractivity contribution in [3.05, 3.63) is 33.9 Å². The van der Waals surface area contributed by atoms with Gasteiger partial charge in [-0.25, -0.2) is 4.68 Å². The van der Waals surface area contributed by atoms with Gasteiger partial charge < -0.3 is 15.4 Å². The number of halogens is 1. The summed E-state index contributed by atoms with van der Waals surface area (Å²) in [6, 6.07) is 5.24. The van der Waals surface area contributed by atoms with Gasteiger partial charge in [0.05, 0.1) is 10.2 Å². The third kappa shape index (κ3) is 2.43. The average molecular weight is 351 g/mol. The van der Waals surface area contributed by atoms with E-state index in [9.17, 15) is 4.79 Å². The van der Waals surface area contributed by atoms with Crippen LogP contribution in [0.1, 0.15) is 17.3 Å². The largest absolute Gasteiger partial charge is 0.438 e. The van der Waals surface area contributed by atoms with Gasteiger partial charge in [-0.2, -0.15) is 5.10 Å². The molecule has 21 heavy (non-hydrogen) atoms. The fourth-order valence-corrected chi connectivity index (χ4v) is 2.86.